The van der Waals surface area contributed by atoms with Gasteiger partial charge in [0.2, 0.25) is 0 Å². The monoisotopic (exact) mass is 603 g/mol. The van der Waals surface area contributed by atoms with Gasteiger partial charge in [0.25, 0.3) is 7.82 Å². The van der Waals surface area contributed by atoms with Gasteiger partial charge in [0.05, 0.1) is 26.7 Å². The zero-order chi connectivity index (χ0) is 30.1. The fraction of sp³-hybridized carbons (Fsp3) is 0.969. The minimum Gasteiger partial charge on any atom is -0.756 e. The average Bonchev–Trinajstić information content (AvgIpc) is 2.90. The Hall–Kier alpha value is -0.500. The summed E-state index contributed by atoms with van der Waals surface area (Å²) in [7, 11) is -2.45. The summed E-state index contributed by atoms with van der Waals surface area (Å²) in [5.74, 6) is -0.456. The minimum absolute atomic E-state index is 0.0991. The molecule has 0 N–H and O–H groups in total. The van der Waals surface area contributed by atoms with Crippen molar-refractivity contribution >= 4 is 13.8 Å². The Labute approximate surface area is 251 Å². The molecule has 0 aliphatic carbocycles. The molecule has 0 spiro atoms. The topological polar surface area (TPSA) is 94.1 Å². The number of rotatable bonds is 24. The highest BCUT2D eigenvalue weighted by Crippen LogP contribution is 2.47. The van der Waals surface area contributed by atoms with Crippen LogP contribution >= 0.6 is 7.82 Å². The fourth-order valence-electron chi connectivity index (χ4n) is 6.43. The van der Waals surface area contributed by atoms with Gasteiger partial charge in [-0.05, 0) is 12.3 Å². The highest BCUT2D eigenvalue weighted by atomic mass is 31.2. The summed E-state index contributed by atoms with van der Waals surface area (Å²) < 4.78 is 36.4. The number of phosphoric acid groups is 1. The number of hydrogen-bond acceptors (Lipinski definition) is 7. The number of fused-ring (bicyclic) bond motifs is 3. The predicted octanol–water partition coefficient (Wildman–Crippen LogP) is 7.18. The van der Waals surface area contributed by atoms with Gasteiger partial charge in [0.15, 0.2) is 6.10 Å². The quantitative estimate of drug-likeness (QED) is 0.0499. The molecule has 3 fully saturated rings. The SMILES string of the molecule is CCCCCCCCCCCCCCCCOCC(OC(C)=O)C(OP(=O)([O-])OC1C[N+]2(C)CCC1CC2)C(C)C. The lowest BCUT2D eigenvalue weighted by Gasteiger charge is -2.51. The van der Waals surface area contributed by atoms with Crippen LogP contribution in [0.25, 0.3) is 0 Å². The lowest BCUT2D eigenvalue weighted by atomic mass is 9.84. The van der Waals surface area contributed by atoms with Crippen molar-refractivity contribution in [3.05, 3.63) is 0 Å². The van der Waals surface area contributed by atoms with Crippen molar-refractivity contribution in [2.24, 2.45) is 11.8 Å². The first kappa shape index (κ1) is 36.7. The van der Waals surface area contributed by atoms with Crippen LogP contribution in [-0.2, 0) is 27.9 Å². The van der Waals surface area contributed by atoms with Gasteiger partial charge in [-0.25, -0.2) is 0 Å². The number of ether oxygens (including phenoxy) is 2. The van der Waals surface area contributed by atoms with E-state index in [0.717, 1.165) is 43.3 Å². The number of carbonyl (C=O) groups is 1. The maximum Gasteiger partial charge on any atom is 0.303 e. The molecule has 3 rings (SSSR count). The Morgan fingerprint density at radius 2 is 1.41 bits per heavy atom. The molecule has 0 radical (unpaired) electrons. The van der Waals surface area contributed by atoms with E-state index in [1.54, 1.807) is 0 Å². The van der Waals surface area contributed by atoms with Gasteiger partial charge in [0, 0.05) is 32.3 Å². The van der Waals surface area contributed by atoms with E-state index >= 15 is 0 Å². The zero-order valence-corrected chi connectivity index (χ0v) is 27.9. The summed E-state index contributed by atoms with van der Waals surface area (Å²) >= 11 is 0. The summed E-state index contributed by atoms with van der Waals surface area (Å²) in [4.78, 5) is 24.8. The largest absolute Gasteiger partial charge is 0.756 e. The molecular weight excluding hydrogens is 541 g/mol. The van der Waals surface area contributed by atoms with E-state index in [-0.39, 0.29) is 24.5 Å². The maximum atomic E-state index is 13.0. The van der Waals surface area contributed by atoms with Gasteiger partial charge in [-0.1, -0.05) is 104 Å². The van der Waals surface area contributed by atoms with Crippen LogP contribution in [0, 0.1) is 11.8 Å². The molecule has 0 aromatic heterocycles. The lowest BCUT2D eigenvalue weighted by Crippen LogP contribution is -2.61. The van der Waals surface area contributed by atoms with E-state index in [4.69, 9.17) is 18.5 Å². The van der Waals surface area contributed by atoms with Crippen LogP contribution in [0.3, 0.4) is 0 Å². The van der Waals surface area contributed by atoms with Crippen LogP contribution in [0.15, 0.2) is 0 Å². The lowest BCUT2D eigenvalue weighted by molar-refractivity contribution is -0.928. The standard InChI is InChI=1S/C32H62NO7P/c1-6-7-8-9-10-11-12-13-14-15-16-17-18-19-24-37-26-31(38-28(4)34)32(27(2)3)40-41(35,36)39-30-25-33(5)22-20-29(30)21-23-33/h27,29-32H,6-26H2,1-5H3. The molecule has 4 atom stereocenters. The molecular formula is C32H62NO7P. The van der Waals surface area contributed by atoms with Crippen LogP contribution in [-0.4, -0.2) is 68.7 Å². The Bertz CT molecular complexity index is 756. The second kappa shape index (κ2) is 19.7. The number of quaternary nitrogens is 1. The number of carbonyl (C=O) groups excluding carboxylic acids is 1. The molecule has 8 nitrogen and oxygen atoms in total. The molecule has 0 aromatic rings. The van der Waals surface area contributed by atoms with Crippen molar-refractivity contribution < 1.29 is 37.3 Å². The van der Waals surface area contributed by atoms with Crippen LogP contribution in [0.4, 0.5) is 0 Å². The Morgan fingerprint density at radius 3 is 1.88 bits per heavy atom. The Balaban J connectivity index is 1.65. The summed E-state index contributed by atoms with van der Waals surface area (Å²) in [6.07, 6.45) is 18.0. The third kappa shape index (κ3) is 15.2. The van der Waals surface area contributed by atoms with E-state index in [1.165, 1.54) is 84.0 Å². The number of nitrogens with zero attached hydrogens (tertiary/aromatic N) is 1. The third-order valence-electron chi connectivity index (χ3n) is 9.01. The van der Waals surface area contributed by atoms with Gasteiger partial charge >= 0.3 is 5.97 Å². The normalized spacial score (nSPS) is 25.2. The van der Waals surface area contributed by atoms with Crippen molar-refractivity contribution in [2.75, 3.05) is 39.9 Å². The van der Waals surface area contributed by atoms with Crippen LogP contribution < -0.4 is 4.89 Å². The minimum atomic E-state index is -4.61. The Morgan fingerprint density at radius 1 is 0.902 bits per heavy atom. The number of phosphoric ester groups is 1. The van der Waals surface area contributed by atoms with Crippen LogP contribution in [0.5, 0.6) is 0 Å². The van der Waals surface area contributed by atoms with Crippen molar-refractivity contribution in [3.63, 3.8) is 0 Å². The molecule has 4 unspecified atom stereocenters. The molecule has 0 saturated carbocycles. The molecule has 9 heteroatoms. The molecule has 2 bridgehead atoms. The third-order valence-corrected chi connectivity index (χ3v) is 10.0. The van der Waals surface area contributed by atoms with E-state index in [1.807, 2.05) is 13.8 Å². The van der Waals surface area contributed by atoms with E-state index in [2.05, 4.69) is 14.0 Å². The molecule has 0 amide bonds. The molecule has 3 aliphatic heterocycles. The van der Waals surface area contributed by atoms with Gasteiger partial charge in [-0.2, -0.15) is 0 Å². The first-order valence-electron chi connectivity index (χ1n) is 16.8. The highest BCUT2D eigenvalue weighted by molar-refractivity contribution is 7.45. The first-order chi connectivity index (χ1) is 19.6. The molecule has 0 aromatic carbocycles. The van der Waals surface area contributed by atoms with Gasteiger partial charge in [-0.3, -0.25) is 9.36 Å². The summed E-state index contributed by atoms with van der Waals surface area (Å²) in [5, 5.41) is 0. The zero-order valence-electron chi connectivity index (χ0n) is 27.0. The molecule has 242 valence electrons. The number of hydrogen-bond donors (Lipinski definition) is 0. The summed E-state index contributed by atoms with van der Waals surface area (Å²) in [6.45, 7) is 10.8. The maximum absolute atomic E-state index is 13.0. The van der Waals surface area contributed by atoms with Crippen molar-refractivity contribution in [2.45, 2.75) is 149 Å². The number of likely N-dealkylation sites (N-methyl/N-ethyl adjacent to an activating group) is 1. The molecule has 3 saturated heterocycles. The Kier molecular flexibility index (Phi) is 17.6. The second-order valence-corrected chi connectivity index (χ2v) is 14.6. The summed E-state index contributed by atoms with van der Waals surface area (Å²) in [6, 6.07) is 0. The van der Waals surface area contributed by atoms with Gasteiger partial charge in [0.1, 0.15) is 18.8 Å². The predicted molar refractivity (Wildman–Crippen MR) is 162 cm³/mol. The van der Waals surface area contributed by atoms with Crippen molar-refractivity contribution in [1.82, 2.24) is 0 Å². The second-order valence-electron chi connectivity index (χ2n) is 13.3. The average molecular weight is 604 g/mol. The van der Waals surface area contributed by atoms with Crippen LogP contribution in [0.2, 0.25) is 0 Å². The van der Waals surface area contributed by atoms with Gasteiger partial charge < -0.3 is 27.9 Å². The van der Waals surface area contributed by atoms with E-state index in [0.29, 0.717) is 13.2 Å². The van der Waals surface area contributed by atoms with Crippen molar-refractivity contribution in [1.29, 1.82) is 0 Å². The molecule has 3 heterocycles. The highest BCUT2D eigenvalue weighted by Gasteiger charge is 2.46. The van der Waals surface area contributed by atoms with Crippen LogP contribution in [0.1, 0.15) is 130 Å². The molecule has 41 heavy (non-hydrogen) atoms. The molecule has 3 aliphatic rings. The van der Waals surface area contributed by atoms with Crippen molar-refractivity contribution in [3.8, 4) is 0 Å². The van der Waals surface area contributed by atoms with Gasteiger partial charge in [-0.15, -0.1) is 0 Å². The number of esters is 1. The van der Waals surface area contributed by atoms with E-state index in [9.17, 15) is 14.3 Å². The smallest absolute Gasteiger partial charge is 0.303 e. The number of unbranched alkanes of at least 4 members (excludes halogenated alkanes) is 13. The fourth-order valence-corrected chi connectivity index (χ4v) is 7.73. The number of piperidine rings is 3. The first-order valence-corrected chi connectivity index (χ1v) is 18.3. The van der Waals surface area contributed by atoms with E-state index < -0.39 is 26.0 Å². The summed E-state index contributed by atoms with van der Waals surface area (Å²) in [5.41, 5.74) is 0.